The van der Waals surface area contributed by atoms with Crippen molar-refractivity contribution in [1.29, 1.82) is 0 Å². The molecule has 3 N–H and O–H groups in total. The first kappa shape index (κ1) is 23.6. The number of hydrogen-bond acceptors (Lipinski definition) is 7. The number of rotatable bonds is 6. The average molecular weight is 535 g/mol. The lowest BCUT2D eigenvalue weighted by Gasteiger charge is -2.12. The van der Waals surface area contributed by atoms with E-state index in [1.165, 1.54) is 24.5 Å². The van der Waals surface area contributed by atoms with E-state index in [0.29, 0.717) is 38.9 Å². The Kier molecular flexibility index (Phi) is 5.88. The van der Waals surface area contributed by atoms with Crippen LogP contribution < -0.4 is 10.5 Å². The number of halogens is 1. The van der Waals surface area contributed by atoms with Gasteiger partial charge in [-0.05, 0) is 54.8 Å². The van der Waals surface area contributed by atoms with Crippen LogP contribution in [0.25, 0.3) is 32.7 Å². The second-order valence-electron chi connectivity index (χ2n) is 8.98. The van der Waals surface area contributed by atoms with Crippen LogP contribution in [0, 0.1) is 5.82 Å². The van der Waals surface area contributed by atoms with Crippen molar-refractivity contribution >= 4 is 43.9 Å². The van der Waals surface area contributed by atoms with Gasteiger partial charge in [0, 0.05) is 24.0 Å². The van der Waals surface area contributed by atoms with Crippen molar-refractivity contribution < 1.29 is 12.8 Å². The van der Waals surface area contributed by atoms with Crippen molar-refractivity contribution in [2.75, 3.05) is 10.5 Å². The largest absolute Gasteiger partial charge is 0.383 e. The quantitative estimate of drug-likeness (QED) is 0.282. The van der Waals surface area contributed by atoms with Crippen LogP contribution in [0.15, 0.2) is 71.5 Å². The molecule has 8 nitrogen and oxygen atoms in total. The van der Waals surface area contributed by atoms with Crippen molar-refractivity contribution in [3.8, 4) is 21.7 Å². The molecule has 1 aliphatic carbocycles. The summed E-state index contributed by atoms with van der Waals surface area (Å²) in [6.07, 6.45) is 9.43. The van der Waals surface area contributed by atoms with Crippen LogP contribution in [-0.2, 0) is 10.0 Å². The topological polar surface area (TPSA) is 116 Å². The van der Waals surface area contributed by atoms with Crippen LogP contribution >= 0.6 is 11.3 Å². The summed E-state index contributed by atoms with van der Waals surface area (Å²) in [7, 11) is -3.99. The first-order valence-corrected chi connectivity index (χ1v) is 14.2. The van der Waals surface area contributed by atoms with Gasteiger partial charge in [0.05, 0.1) is 21.6 Å². The second-order valence-corrected chi connectivity index (χ2v) is 12.0. The minimum Gasteiger partial charge on any atom is -0.383 e. The molecule has 0 spiro atoms. The maximum Gasteiger partial charge on any atom is 0.271 e. The molecule has 1 fully saturated rings. The Balaban J connectivity index is 1.32. The zero-order valence-electron chi connectivity index (χ0n) is 19.6. The average Bonchev–Trinajstić information content (AvgIpc) is 3.66. The van der Waals surface area contributed by atoms with Gasteiger partial charge < -0.3 is 10.3 Å². The lowest BCUT2D eigenvalue weighted by molar-refractivity contribution is 0.532. The third-order valence-electron chi connectivity index (χ3n) is 6.64. The SMILES string of the molecule is Nc1ncnc2c1c(-c1ccc(NS(=O)(=O)c3ccc(-c4ccccn4)s3)c(F)c1)cn2C1CCCC1. The summed E-state index contributed by atoms with van der Waals surface area (Å²) in [6.45, 7) is 0. The van der Waals surface area contributed by atoms with E-state index >= 15 is 4.39 Å². The molecule has 0 bridgehead atoms. The molecule has 4 aromatic heterocycles. The van der Waals surface area contributed by atoms with Crippen molar-refractivity contribution in [2.24, 2.45) is 0 Å². The molecule has 0 atom stereocenters. The molecule has 5 aromatic rings. The Morgan fingerprint density at radius 1 is 1.05 bits per heavy atom. The summed E-state index contributed by atoms with van der Waals surface area (Å²) in [5.41, 5.74) is 8.75. The van der Waals surface area contributed by atoms with Crippen LogP contribution in [0.2, 0.25) is 0 Å². The number of pyridine rings is 1. The van der Waals surface area contributed by atoms with Gasteiger partial charge in [-0.2, -0.15) is 0 Å². The number of sulfonamides is 1. The van der Waals surface area contributed by atoms with Gasteiger partial charge in [-0.25, -0.2) is 22.8 Å². The van der Waals surface area contributed by atoms with Crippen molar-refractivity contribution in [1.82, 2.24) is 19.5 Å². The molecule has 0 saturated heterocycles. The Labute approximate surface area is 217 Å². The first-order chi connectivity index (χ1) is 17.9. The summed E-state index contributed by atoms with van der Waals surface area (Å²) in [4.78, 5) is 13.6. The minimum absolute atomic E-state index is 0.0705. The van der Waals surface area contributed by atoms with Crippen LogP contribution in [0.1, 0.15) is 31.7 Å². The fourth-order valence-corrected chi connectivity index (χ4v) is 7.21. The van der Waals surface area contributed by atoms with Gasteiger partial charge in [0.2, 0.25) is 0 Å². The van der Waals surface area contributed by atoms with Crippen molar-refractivity contribution in [3.63, 3.8) is 0 Å². The summed E-state index contributed by atoms with van der Waals surface area (Å²) < 4.78 is 45.8. The number of aromatic nitrogens is 4. The zero-order valence-corrected chi connectivity index (χ0v) is 21.3. The molecule has 188 valence electrons. The van der Waals surface area contributed by atoms with E-state index in [0.717, 1.165) is 42.7 Å². The van der Waals surface area contributed by atoms with E-state index in [4.69, 9.17) is 5.73 Å². The third-order valence-corrected chi connectivity index (χ3v) is 9.61. The molecule has 0 radical (unpaired) electrons. The second kappa shape index (κ2) is 9.24. The van der Waals surface area contributed by atoms with Gasteiger partial charge in [0.15, 0.2) is 0 Å². The van der Waals surface area contributed by atoms with Gasteiger partial charge in [0.1, 0.15) is 27.8 Å². The number of thiophene rings is 1. The number of hydrogen-bond donors (Lipinski definition) is 2. The highest BCUT2D eigenvalue weighted by molar-refractivity contribution is 7.94. The number of nitrogen functional groups attached to an aromatic ring is 1. The van der Waals surface area contributed by atoms with Crippen LogP contribution in [0.3, 0.4) is 0 Å². The highest BCUT2D eigenvalue weighted by Gasteiger charge is 2.24. The molecular formula is C26H23FN6O2S2. The van der Waals surface area contributed by atoms with Crippen molar-refractivity contribution in [2.45, 2.75) is 35.9 Å². The normalized spacial score (nSPS) is 14.4. The monoisotopic (exact) mass is 534 g/mol. The zero-order chi connectivity index (χ0) is 25.6. The van der Waals surface area contributed by atoms with Gasteiger partial charge in [-0.3, -0.25) is 9.71 Å². The van der Waals surface area contributed by atoms with E-state index in [-0.39, 0.29) is 9.90 Å². The Hall–Kier alpha value is -3.83. The predicted molar refractivity (Wildman–Crippen MR) is 143 cm³/mol. The molecule has 1 saturated carbocycles. The summed E-state index contributed by atoms with van der Waals surface area (Å²) in [5.74, 6) is -0.372. The highest BCUT2D eigenvalue weighted by Crippen LogP contribution is 2.39. The van der Waals surface area contributed by atoms with E-state index in [2.05, 4.69) is 24.2 Å². The number of nitrogens with zero attached hydrogens (tertiary/aromatic N) is 4. The lowest BCUT2D eigenvalue weighted by atomic mass is 10.1. The molecule has 1 aliphatic rings. The van der Waals surface area contributed by atoms with Crippen LogP contribution in [-0.4, -0.2) is 27.9 Å². The maximum atomic E-state index is 15.3. The first-order valence-electron chi connectivity index (χ1n) is 11.9. The minimum atomic E-state index is -3.99. The number of fused-ring (bicyclic) bond motifs is 1. The molecule has 4 heterocycles. The van der Waals surface area contributed by atoms with Crippen LogP contribution in [0.4, 0.5) is 15.9 Å². The Morgan fingerprint density at radius 2 is 1.89 bits per heavy atom. The van der Waals surface area contributed by atoms with Crippen molar-refractivity contribution in [3.05, 3.63) is 73.1 Å². The van der Waals surface area contributed by atoms with E-state index in [1.54, 1.807) is 30.5 Å². The summed E-state index contributed by atoms with van der Waals surface area (Å²) in [6, 6.07) is 13.3. The van der Waals surface area contributed by atoms with Gasteiger partial charge in [0.25, 0.3) is 10.0 Å². The van der Waals surface area contributed by atoms with E-state index in [9.17, 15) is 8.42 Å². The molecule has 37 heavy (non-hydrogen) atoms. The maximum absolute atomic E-state index is 15.3. The molecular weight excluding hydrogens is 511 g/mol. The lowest BCUT2D eigenvalue weighted by Crippen LogP contribution is -2.12. The number of nitrogens with two attached hydrogens (primary N) is 1. The number of nitrogens with one attached hydrogen (secondary N) is 1. The summed E-state index contributed by atoms with van der Waals surface area (Å²) >= 11 is 1.07. The smallest absolute Gasteiger partial charge is 0.271 e. The Morgan fingerprint density at radius 3 is 2.65 bits per heavy atom. The molecule has 11 heteroatoms. The van der Waals surface area contributed by atoms with E-state index in [1.807, 2.05) is 12.3 Å². The molecule has 0 amide bonds. The van der Waals surface area contributed by atoms with Crippen LogP contribution in [0.5, 0.6) is 0 Å². The molecule has 0 aliphatic heterocycles. The van der Waals surface area contributed by atoms with E-state index < -0.39 is 15.8 Å². The number of anilines is 2. The van der Waals surface area contributed by atoms with Gasteiger partial charge in [-0.15, -0.1) is 11.3 Å². The number of benzene rings is 1. The fraction of sp³-hybridized carbons (Fsp3) is 0.192. The van der Waals surface area contributed by atoms with Gasteiger partial charge in [-0.1, -0.05) is 25.0 Å². The molecule has 0 unspecified atom stereocenters. The standard InChI is InChI=1S/C26H23FN6O2S2/c27-19-13-16(18-14-33(17-5-1-2-6-17)26-24(18)25(28)30-15-31-26)8-9-20(19)32-37(34,35)23-11-10-22(36-23)21-7-3-4-12-29-21/h3-4,7-15,17,32H,1-2,5-6H2,(H2,28,30,31). The predicted octanol–water partition coefficient (Wildman–Crippen LogP) is 5.86. The Bertz CT molecular complexity index is 1710. The van der Waals surface area contributed by atoms with Gasteiger partial charge >= 0.3 is 0 Å². The fourth-order valence-electron chi connectivity index (χ4n) is 4.86. The molecule has 6 rings (SSSR count). The summed E-state index contributed by atoms with van der Waals surface area (Å²) in [5, 5.41) is 0.669. The highest BCUT2D eigenvalue weighted by atomic mass is 32.2. The molecule has 1 aromatic carbocycles. The third kappa shape index (κ3) is 4.34.